The van der Waals surface area contributed by atoms with Crippen LogP contribution in [0.2, 0.25) is 0 Å². The molecule has 6 heteroatoms. The van der Waals surface area contributed by atoms with E-state index < -0.39 is 5.60 Å². The smallest absolute Gasteiger partial charge is 0.234 e. The van der Waals surface area contributed by atoms with Gasteiger partial charge in [-0.3, -0.25) is 9.69 Å². The SMILES string of the molecule is C[C@@H]1CCCC[C@H]1NC(=O)CN1[C@H]2CC[C@H]1CC(O)(c1nccn1C)C2. The summed E-state index contributed by atoms with van der Waals surface area (Å²) in [6, 6.07) is 0.873. The number of carbonyl (C=O) groups excluding carboxylic acids is 1. The number of nitrogens with zero attached hydrogens (tertiary/aromatic N) is 3. The number of aryl methyl sites for hydroxylation is 1. The summed E-state index contributed by atoms with van der Waals surface area (Å²) in [6.45, 7) is 2.72. The van der Waals surface area contributed by atoms with Crippen LogP contribution >= 0.6 is 0 Å². The molecule has 3 aliphatic rings. The lowest BCUT2D eigenvalue weighted by atomic mass is 9.85. The van der Waals surface area contributed by atoms with Crippen molar-refractivity contribution < 1.29 is 9.90 Å². The van der Waals surface area contributed by atoms with E-state index in [2.05, 4.69) is 22.1 Å². The van der Waals surface area contributed by atoms with Gasteiger partial charge in [0.1, 0.15) is 11.4 Å². The Balaban J connectivity index is 1.39. The van der Waals surface area contributed by atoms with Crippen LogP contribution < -0.4 is 5.32 Å². The molecule has 0 spiro atoms. The van der Waals surface area contributed by atoms with E-state index in [4.69, 9.17) is 0 Å². The molecule has 2 N–H and O–H groups in total. The van der Waals surface area contributed by atoms with Gasteiger partial charge in [0.25, 0.3) is 0 Å². The molecule has 26 heavy (non-hydrogen) atoms. The van der Waals surface area contributed by atoms with Crippen LogP contribution in [-0.2, 0) is 17.4 Å². The Morgan fingerprint density at radius 2 is 1.96 bits per heavy atom. The van der Waals surface area contributed by atoms with Crippen LogP contribution in [0.25, 0.3) is 0 Å². The van der Waals surface area contributed by atoms with Crippen LogP contribution in [0.15, 0.2) is 12.4 Å². The highest BCUT2D eigenvalue weighted by molar-refractivity contribution is 5.78. The van der Waals surface area contributed by atoms with Gasteiger partial charge in [-0.05, 0) is 44.4 Å². The molecular weight excluding hydrogens is 328 g/mol. The average molecular weight is 361 g/mol. The molecule has 6 nitrogen and oxygen atoms in total. The minimum atomic E-state index is -0.866. The maximum Gasteiger partial charge on any atom is 0.234 e. The molecule has 1 aliphatic carbocycles. The minimum Gasteiger partial charge on any atom is -0.382 e. The van der Waals surface area contributed by atoms with E-state index in [9.17, 15) is 9.90 Å². The third kappa shape index (κ3) is 3.29. The second-order valence-corrected chi connectivity index (χ2v) is 8.79. The average Bonchev–Trinajstić information content (AvgIpc) is 3.13. The zero-order chi connectivity index (χ0) is 18.3. The molecule has 0 aromatic carbocycles. The van der Waals surface area contributed by atoms with Gasteiger partial charge >= 0.3 is 0 Å². The molecule has 2 bridgehead atoms. The number of hydrogen-bond acceptors (Lipinski definition) is 4. The monoisotopic (exact) mass is 360 g/mol. The molecule has 0 radical (unpaired) electrons. The van der Waals surface area contributed by atoms with Gasteiger partial charge in [-0.25, -0.2) is 4.98 Å². The summed E-state index contributed by atoms with van der Waals surface area (Å²) in [5.41, 5.74) is -0.866. The number of fused-ring (bicyclic) bond motifs is 2. The molecule has 144 valence electrons. The number of imidazole rings is 1. The van der Waals surface area contributed by atoms with Crippen molar-refractivity contribution in [1.82, 2.24) is 19.8 Å². The van der Waals surface area contributed by atoms with Crippen molar-refractivity contribution in [3.63, 3.8) is 0 Å². The van der Waals surface area contributed by atoms with Gasteiger partial charge in [-0.2, -0.15) is 0 Å². The Morgan fingerprint density at radius 1 is 1.27 bits per heavy atom. The fraction of sp³-hybridized carbons (Fsp3) is 0.800. The first-order chi connectivity index (χ1) is 12.5. The van der Waals surface area contributed by atoms with Crippen molar-refractivity contribution >= 4 is 5.91 Å². The van der Waals surface area contributed by atoms with Crippen LogP contribution in [0.3, 0.4) is 0 Å². The van der Waals surface area contributed by atoms with E-state index in [1.165, 1.54) is 19.3 Å². The number of nitrogens with one attached hydrogen (secondary N) is 1. The minimum absolute atomic E-state index is 0.156. The first kappa shape index (κ1) is 18.0. The molecule has 2 aliphatic heterocycles. The van der Waals surface area contributed by atoms with Crippen molar-refractivity contribution in [2.24, 2.45) is 13.0 Å². The molecule has 1 aromatic rings. The summed E-state index contributed by atoms with van der Waals surface area (Å²) in [7, 11) is 1.94. The predicted molar refractivity (Wildman–Crippen MR) is 99.4 cm³/mol. The first-order valence-electron chi connectivity index (χ1n) is 10.2. The number of aromatic nitrogens is 2. The van der Waals surface area contributed by atoms with Crippen LogP contribution in [-0.4, -0.2) is 50.1 Å². The Hall–Kier alpha value is -1.40. The van der Waals surface area contributed by atoms with Crippen molar-refractivity contribution in [2.45, 2.75) is 82.0 Å². The first-order valence-corrected chi connectivity index (χ1v) is 10.2. The highest BCUT2D eigenvalue weighted by atomic mass is 16.3. The molecule has 1 aromatic heterocycles. The van der Waals surface area contributed by atoms with Crippen molar-refractivity contribution in [3.8, 4) is 0 Å². The number of amides is 1. The zero-order valence-electron chi connectivity index (χ0n) is 16.0. The molecule has 2 saturated heterocycles. The molecule has 4 rings (SSSR count). The summed E-state index contributed by atoms with van der Waals surface area (Å²) < 4.78 is 1.92. The maximum absolute atomic E-state index is 12.7. The van der Waals surface area contributed by atoms with Crippen LogP contribution in [0.4, 0.5) is 0 Å². The van der Waals surface area contributed by atoms with E-state index in [1.54, 1.807) is 6.20 Å². The standard InChI is InChI=1S/C20H32N4O2/c1-14-5-3-4-6-17(14)22-18(25)13-24-15-7-8-16(24)12-20(26,11-15)19-21-9-10-23(19)2/h9-10,14-17,26H,3-8,11-13H2,1-2H3,(H,22,25)/t14-,15+,16+,17-/m1/s1. The number of piperidine rings is 1. The van der Waals surface area contributed by atoms with Gasteiger partial charge in [-0.15, -0.1) is 0 Å². The molecule has 0 unspecified atom stereocenters. The molecule has 3 fully saturated rings. The second kappa shape index (κ2) is 6.97. The third-order valence-electron chi connectivity index (χ3n) is 6.94. The topological polar surface area (TPSA) is 70.4 Å². The van der Waals surface area contributed by atoms with E-state index >= 15 is 0 Å². The number of rotatable bonds is 4. The molecular formula is C20H32N4O2. The van der Waals surface area contributed by atoms with Crippen LogP contribution in [0.1, 0.15) is 64.1 Å². The van der Waals surface area contributed by atoms with Gasteiger partial charge in [0.15, 0.2) is 0 Å². The van der Waals surface area contributed by atoms with Gasteiger partial charge in [0, 0.05) is 37.6 Å². The maximum atomic E-state index is 12.7. The number of hydrogen-bond donors (Lipinski definition) is 2. The predicted octanol–water partition coefficient (Wildman–Crippen LogP) is 1.93. The van der Waals surface area contributed by atoms with E-state index in [1.807, 2.05) is 17.8 Å². The fourth-order valence-electron chi connectivity index (χ4n) is 5.52. The second-order valence-electron chi connectivity index (χ2n) is 8.79. The van der Waals surface area contributed by atoms with Crippen LogP contribution in [0, 0.1) is 5.92 Å². The fourth-order valence-corrected chi connectivity index (χ4v) is 5.52. The zero-order valence-corrected chi connectivity index (χ0v) is 16.0. The highest BCUT2D eigenvalue weighted by Gasteiger charge is 2.50. The highest BCUT2D eigenvalue weighted by Crippen LogP contribution is 2.44. The van der Waals surface area contributed by atoms with Gasteiger partial charge in [0.2, 0.25) is 5.91 Å². The van der Waals surface area contributed by atoms with E-state index in [0.29, 0.717) is 31.3 Å². The molecule has 1 saturated carbocycles. The van der Waals surface area contributed by atoms with Crippen LogP contribution in [0.5, 0.6) is 0 Å². The van der Waals surface area contributed by atoms with Crippen molar-refractivity contribution in [3.05, 3.63) is 18.2 Å². The summed E-state index contributed by atoms with van der Waals surface area (Å²) in [6.07, 6.45) is 11.9. The van der Waals surface area contributed by atoms with E-state index in [-0.39, 0.29) is 18.0 Å². The van der Waals surface area contributed by atoms with Gasteiger partial charge in [0.05, 0.1) is 6.54 Å². The van der Waals surface area contributed by atoms with E-state index in [0.717, 1.165) is 25.1 Å². The Morgan fingerprint density at radius 3 is 2.58 bits per heavy atom. The normalized spacial score (nSPS) is 37.7. The van der Waals surface area contributed by atoms with Crippen molar-refractivity contribution in [1.29, 1.82) is 0 Å². The quantitative estimate of drug-likeness (QED) is 0.861. The summed E-state index contributed by atoms with van der Waals surface area (Å²) in [5, 5.41) is 14.5. The molecule has 1 amide bonds. The number of aliphatic hydroxyl groups is 1. The summed E-state index contributed by atoms with van der Waals surface area (Å²) in [5.74, 6) is 1.50. The largest absolute Gasteiger partial charge is 0.382 e. The summed E-state index contributed by atoms with van der Waals surface area (Å²) >= 11 is 0. The number of carbonyl (C=O) groups is 1. The Labute approximate surface area is 156 Å². The molecule has 3 heterocycles. The summed E-state index contributed by atoms with van der Waals surface area (Å²) in [4.78, 5) is 19.4. The Bertz CT molecular complexity index is 644. The van der Waals surface area contributed by atoms with Crippen molar-refractivity contribution in [2.75, 3.05) is 6.54 Å². The van der Waals surface area contributed by atoms with Gasteiger partial charge < -0.3 is 15.0 Å². The lowest BCUT2D eigenvalue weighted by Gasteiger charge is -2.43. The third-order valence-corrected chi connectivity index (χ3v) is 6.94. The lowest BCUT2D eigenvalue weighted by molar-refractivity contribution is -0.127. The van der Waals surface area contributed by atoms with Gasteiger partial charge in [-0.1, -0.05) is 19.8 Å². The lowest BCUT2D eigenvalue weighted by Crippen LogP contribution is -2.54. The Kier molecular flexibility index (Phi) is 4.82. The molecule has 4 atom stereocenters.